The number of phenolic OH excluding ortho intramolecular Hbond substituents is 1. The Morgan fingerprint density at radius 3 is 1.83 bits per heavy atom. The summed E-state index contributed by atoms with van der Waals surface area (Å²) in [6.07, 6.45) is 12.3. The molecule has 0 bridgehead atoms. The van der Waals surface area contributed by atoms with E-state index in [4.69, 9.17) is 0 Å². The van der Waals surface area contributed by atoms with E-state index in [0.29, 0.717) is 17.7 Å². The van der Waals surface area contributed by atoms with Crippen LogP contribution in [0.3, 0.4) is 0 Å². The second-order valence-corrected chi connectivity index (χ2v) is 11.8. The van der Waals surface area contributed by atoms with Gasteiger partial charge in [-0.15, -0.1) is 0 Å². The van der Waals surface area contributed by atoms with Crippen LogP contribution in [0, 0.1) is 0 Å². The van der Waals surface area contributed by atoms with Gasteiger partial charge >= 0.3 is 0 Å². The quantitative estimate of drug-likeness (QED) is 0.0522. The summed E-state index contributed by atoms with van der Waals surface area (Å²) < 4.78 is 0. The Balaban J connectivity index is 1.70. The van der Waals surface area contributed by atoms with Gasteiger partial charge in [-0.25, -0.2) is 10.5 Å². The van der Waals surface area contributed by atoms with E-state index in [2.05, 4.69) is 32.8 Å². The van der Waals surface area contributed by atoms with Crippen molar-refractivity contribution in [1.29, 1.82) is 0 Å². The largest absolute Gasteiger partial charge is 0.508 e. The van der Waals surface area contributed by atoms with E-state index in [1.54, 1.807) is 23.8 Å². The minimum atomic E-state index is -1.18. The number of aromatic amines is 1. The Kier molecular flexibility index (Phi) is 16.0. The maximum absolute atomic E-state index is 13.7. The molecule has 1 aromatic heterocycles. The van der Waals surface area contributed by atoms with Crippen LogP contribution in [0.15, 0.2) is 67.1 Å². The fourth-order valence-corrected chi connectivity index (χ4v) is 5.27. The summed E-state index contributed by atoms with van der Waals surface area (Å²) in [4.78, 5) is 59.9. The first-order valence-corrected chi connectivity index (χ1v) is 16.4. The lowest BCUT2D eigenvalue weighted by Crippen LogP contribution is -2.58. The third-order valence-electron chi connectivity index (χ3n) is 7.92. The summed E-state index contributed by atoms with van der Waals surface area (Å²) in [6.45, 7) is 2.19. The number of carbonyl (C=O) groups is 4. The van der Waals surface area contributed by atoms with Crippen LogP contribution in [-0.2, 0) is 38.4 Å². The molecule has 0 saturated carbocycles. The molecule has 0 spiro atoms. The second-order valence-electron chi connectivity index (χ2n) is 11.8. The molecule has 0 aliphatic carbocycles. The van der Waals surface area contributed by atoms with E-state index in [0.717, 1.165) is 24.8 Å². The van der Waals surface area contributed by atoms with Gasteiger partial charge in [0.2, 0.25) is 17.7 Å². The number of nitrogens with one attached hydrogen (secondary N) is 5. The molecule has 0 radical (unpaired) electrons. The molecule has 12 nitrogen and oxygen atoms in total. The van der Waals surface area contributed by atoms with Gasteiger partial charge in [0, 0.05) is 37.6 Å². The zero-order valence-electron chi connectivity index (χ0n) is 27.0. The lowest BCUT2D eigenvalue weighted by Gasteiger charge is -2.25. The Bertz CT molecular complexity index is 1370. The fourth-order valence-electron chi connectivity index (χ4n) is 5.27. The molecule has 3 rings (SSSR count). The summed E-state index contributed by atoms with van der Waals surface area (Å²) >= 11 is 0. The van der Waals surface area contributed by atoms with E-state index >= 15 is 0 Å². The maximum atomic E-state index is 13.7. The molecular formula is C35H48N6O6. The number of unbranched alkanes of at least 4 members (excludes halogenated alkanes) is 7. The molecule has 7 N–H and O–H groups in total. The Morgan fingerprint density at radius 1 is 0.702 bits per heavy atom. The lowest BCUT2D eigenvalue weighted by atomic mass is 10.0. The van der Waals surface area contributed by atoms with Crippen molar-refractivity contribution in [2.45, 2.75) is 102 Å². The molecule has 0 aliphatic heterocycles. The molecule has 3 aromatic rings. The third kappa shape index (κ3) is 13.7. The van der Waals surface area contributed by atoms with Gasteiger partial charge in [0.05, 0.1) is 6.33 Å². The minimum absolute atomic E-state index is 0.0155. The number of amides is 4. The van der Waals surface area contributed by atoms with Crippen LogP contribution >= 0.6 is 0 Å². The van der Waals surface area contributed by atoms with Crippen molar-refractivity contribution >= 4 is 23.6 Å². The number of nitrogens with zero attached hydrogens (tertiary/aromatic N) is 1. The number of aromatic hydroxyl groups is 1. The number of aromatic nitrogens is 2. The Labute approximate surface area is 276 Å². The van der Waals surface area contributed by atoms with Gasteiger partial charge in [0.15, 0.2) is 0 Å². The SMILES string of the molecule is CCCCCCCCCCC(=O)N[C@@H](Cc1cnc[nH]1)C(=O)N[C@@H](Cc1ccccc1)C(=O)N[C@@H](Cc1ccc(O)cc1)C(=O)NO. The summed E-state index contributed by atoms with van der Waals surface area (Å²) in [7, 11) is 0. The van der Waals surface area contributed by atoms with E-state index in [9.17, 15) is 29.5 Å². The number of phenols is 1. The van der Waals surface area contributed by atoms with Crippen molar-refractivity contribution in [1.82, 2.24) is 31.4 Å². The van der Waals surface area contributed by atoms with Crippen molar-refractivity contribution in [3.63, 3.8) is 0 Å². The number of H-pyrrole nitrogens is 1. The van der Waals surface area contributed by atoms with Gasteiger partial charge in [-0.2, -0.15) is 0 Å². The molecule has 254 valence electrons. The summed E-state index contributed by atoms with van der Waals surface area (Å²) in [5.74, 6) is -2.28. The van der Waals surface area contributed by atoms with Crippen LogP contribution in [-0.4, -0.2) is 62.0 Å². The molecule has 3 atom stereocenters. The van der Waals surface area contributed by atoms with Crippen molar-refractivity contribution in [3.05, 3.63) is 83.9 Å². The molecule has 0 fully saturated rings. The molecule has 47 heavy (non-hydrogen) atoms. The van der Waals surface area contributed by atoms with Gasteiger partial charge in [0.25, 0.3) is 5.91 Å². The Hall–Kier alpha value is -4.71. The van der Waals surface area contributed by atoms with Gasteiger partial charge in [-0.05, 0) is 29.7 Å². The van der Waals surface area contributed by atoms with E-state index in [-0.39, 0.29) is 37.3 Å². The molecule has 1 heterocycles. The molecule has 12 heteroatoms. The zero-order chi connectivity index (χ0) is 33.9. The number of rotatable bonds is 21. The average molecular weight is 649 g/mol. The molecular weight excluding hydrogens is 600 g/mol. The highest BCUT2D eigenvalue weighted by atomic mass is 16.5. The van der Waals surface area contributed by atoms with E-state index < -0.39 is 35.8 Å². The van der Waals surface area contributed by atoms with Crippen molar-refractivity contribution in [2.24, 2.45) is 0 Å². The number of imidazole rings is 1. The highest BCUT2D eigenvalue weighted by molar-refractivity contribution is 5.94. The summed E-state index contributed by atoms with van der Waals surface area (Å²) in [5, 5.41) is 27.2. The third-order valence-corrected chi connectivity index (χ3v) is 7.92. The van der Waals surface area contributed by atoms with Crippen LogP contribution in [0.4, 0.5) is 0 Å². The highest BCUT2D eigenvalue weighted by Crippen LogP contribution is 2.13. The molecule has 0 unspecified atom stereocenters. The van der Waals surface area contributed by atoms with E-state index in [1.165, 1.54) is 44.1 Å². The predicted octanol–water partition coefficient (Wildman–Crippen LogP) is 3.63. The van der Waals surface area contributed by atoms with Gasteiger partial charge in [-0.3, -0.25) is 24.4 Å². The van der Waals surface area contributed by atoms with Crippen LogP contribution in [0.2, 0.25) is 0 Å². The number of benzene rings is 2. The van der Waals surface area contributed by atoms with Crippen molar-refractivity contribution in [2.75, 3.05) is 0 Å². The second kappa shape index (κ2) is 20.4. The first kappa shape index (κ1) is 36.8. The number of hydrogen-bond donors (Lipinski definition) is 7. The summed E-state index contributed by atoms with van der Waals surface area (Å²) in [6, 6.07) is 11.9. The van der Waals surface area contributed by atoms with Crippen molar-refractivity contribution < 1.29 is 29.5 Å². The average Bonchev–Trinajstić information content (AvgIpc) is 3.59. The standard InChI is InChI=1S/C35H48N6O6/c1-2-3-4-5-6-7-8-12-15-32(43)38-31(22-27-23-36-24-37-27)34(45)39-29(20-25-13-10-9-11-14-25)33(44)40-30(35(46)41-47)21-26-16-18-28(42)19-17-26/h9-11,13-14,16-19,23-24,29-31,42,47H,2-8,12,15,20-22H2,1H3,(H,36,37)(H,38,43)(H,39,45)(H,40,44)(H,41,46)/t29-,30-,31-/m0/s1. The van der Waals surface area contributed by atoms with Gasteiger partial charge < -0.3 is 26.0 Å². The van der Waals surface area contributed by atoms with Crippen LogP contribution in [0.5, 0.6) is 5.75 Å². The number of carbonyl (C=O) groups excluding carboxylic acids is 4. The maximum Gasteiger partial charge on any atom is 0.266 e. The molecule has 0 aliphatic rings. The fraction of sp³-hybridized carbons (Fsp3) is 0.457. The van der Waals surface area contributed by atoms with Crippen LogP contribution < -0.4 is 21.4 Å². The molecule has 4 amide bonds. The topological polar surface area (TPSA) is 186 Å². The zero-order valence-corrected chi connectivity index (χ0v) is 27.0. The number of hydroxylamine groups is 1. The monoisotopic (exact) mass is 648 g/mol. The normalized spacial score (nSPS) is 12.8. The Morgan fingerprint density at radius 2 is 1.26 bits per heavy atom. The minimum Gasteiger partial charge on any atom is -0.508 e. The van der Waals surface area contributed by atoms with Crippen LogP contribution in [0.25, 0.3) is 0 Å². The van der Waals surface area contributed by atoms with Crippen LogP contribution in [0.1, 0.15) is 81.5 Å². The van der Waals surface area contributed by atoms with Gasteiger partial charge in [-0.1, -0.05) is 94.3 Å². The predicted molar refractivity (Wildman–Crippen MR) is 177 cm³/mol. The first-order chi connectivity index (χ1) is 22.8. The molecule has 2 aromatic carbocycles. The summed E-state index contributed by atoms with van der Waals surface area (Å²) in [5.41, 5.74) is 3.61. The smallest absolute Gasteiger partial charge is 0.266 e. The lowest BCUT2D eigenvalue weighted by molar-refractivity contribution is -0.136. The van der Waals surface area contributed by atoms with Gasteiger partial charge in [0.1, 0.15) is 23.9 Å². The van der Waals surface area contributed by atoms with Crippen molar-refractivity contribution in [3.8, 4) is 5.75 Å². The highest BCUT2D eigenvalue weighted by Gasteiger charge is 2.30. The van der Waals surface area contributed by atoms with E-state index in [1.807, 2.05) is 30.3 Å². The molecule has 0 saturated heterocycles. The first-order valence-electron chi connectivity index (χ1n) is 16.4. The number of hydrogen-bond acceptors (Lipinski definition) is 7.